The summed E-state index contributed by atoms with van der Waals surface area (Å²) in [5.41, 5.74) is 0.0329. The number of carboxylic acid groups (broad SMARTS) is 1. The minimum absolute atomic E-state index is 0.0260. The summed E-state index contributed by atoms with van der Waals surface area (Å²) in [4.78, 5) is 16.0. The van der Waals surface area contributed by atoms with Crippen molar-refractivity contribution in [1.29, 1.82) is 0 Å². The zero-order valence-electron chi connectivity index (χ0n) is 7.88. The average molecular weight is 270 g/mol. The number of halogens is 3. The summed E-state index contributed by atoms with van der Waals surface area (Å²) in [6, 6.07) is 0. The summed E-state index contributed by atoms with van der Waals surface area (Å²) < 4.78 is 0. The van der Waals surface area contributed by atoms with Gasteiger partial charge in [0.1, 0.15) is 5.02 Å². The van der Waals surface area contributed by atoms with Crippen LogP contribution in [0.4, 0.5) is 5.69 Å². The molecule has 0 aliphatic rings. The molecule has 4 nitrogen and oxygen atoms in total. The van der Waals surface area contributed by atoms with Gasteiger partial charge in [0, 0.05) is 14.1 Å². The first-order chi connectivity index (χ1) is 6.86. The van der Waals surface area contributed by atoms with Crippen LogP contribution in [0.5, 0.6) is 0 Å². The number of anilines is 1. The van der Waals surface area contributed by atoms with Gasteiger partial charge in [-0.2, -0.15) is 0 Å². The third kappa shape index (κ3) is 2.27. The van der Waals surface area contributed by atoms with E-state index in [1.165, 1.54) is 0 Å². The smallest absolute Gasteiger partial charge is 0.356 e. The minimum Gasteiger partial charge on any atom is -0.476 e. The van der Waals surface area contributed by atoms with E-state index in [-0.39, 0.29) is 20.9 Å². The Balaban J connectivity index is 3.56. The number of aromatic carboxylic acids is 1. The summed E-state index contributed by atoms with van der Waals surface area (Å²) in [5, 5.41) is 8.85. The lowest BCUT2D eigenvalue weighted by Gasteiger charge is -2.17. The minimum atomic E-state index is -1.25. The SMILES string of the molecule is CN(C)c1c(Cl)c(Cl)nc(C(=O)O)c1Cl. The van der Waals surface area contributed by atoms with Crippen LogP contribution in [0.2, 0.25) is 15.2 Å². The molecule has 0 aliphatic carbocycles. The second-order valence-corrected chi connectivity index (χ2v) is 4.04. The Morgan fingerprint density at radius 3 is 2.20 bits per heavy atom. The van der Waals surface area contributed by atoms with Gasteiger partial charge in [-0.1, -0.05) is 34.8 Å². The van der Waals surface area contributed by atoms with Crippen LogP contribution in [0.25, 0.3) is 0 Å². The Morgan fingerprint density at radius 1 is 1.27 bits per heavy atom. The van der Waals surface area contributed by atoms with Crippen molar-refractivity contribution in [2.75, 3.05) is 19.0 Å². The number of hydrogen-bond donors (Lipinski definition) is 1. The maximum atomic E-state index is 10.8. The van der Waals surface area contributed by atoms with Gasteiger partial charge < -0.3 is 10.0 Å². The number of pyridine rings is 1. The standard InChI is InChI=1S/C8H7Cl3N2O2/c1-13(2)6-3(9)5(8(14)15)12-7(11)4(6)10/h1-2H3,(H,14,15). The maximum Gasteiger partial charge on any atom is 0.356 e. The number of nitrogens with zero attached hydrogens (tertiary/aromatic N) is 2. The molecular weight excluding hydrogens is 262 g/mol. The molecule has 1 rings (SSSR count). The van der Waals surface area contributed by atoms with E-state index in [0.717, 1.165) is 0 Å². The molecule has 7 heteroatoms. The van der Waals surface area contributed by atoms with Gasteiger partial charge in [0.05, 0.1) is 10.7 Å². The molecular formula is C8H7Cl3N2O2. The number of aromatic nitrogens is 1. The van der Waals surface area contributed by atoms with Crippen molar-refractivity contribution in [3.05, 3.63) is 20.9 Å². The van der Waals surface area contributed by atoms with Crippen molar-refractivity contribution in [3.63, 3.8) is 0 Å². The molecule has 0 unspecified atom stereocenters. The van der Waals surface area contributed by atoms with Crippen LogP contribution in [0.15, 0.2) is 0 Å². The lowest BCUT2D eigenvalue weighted by atomic mass is 10.3. The fourth-order valence-corrected chi connectivity index (χ4v) is 1.95. The topological polar surface area (TPSA) is 53.4 Å². The molecule has 0 amide bonds. The summed E-state index contributed by atoms with van der Waals surface area (Å²) in [6.45, 7) is 0. The summed E-state index contributed by atoms with van der Waals surface area (Å²) in [7, 11) is 3.35. The van der Waals surface area contributed by atoms with E-state index in [2.05, 4.69) is 4.98 Å². The molecule has 0 aliphatic heterocycles. The Labute approximate surface area is 101 Å². The number of hydrogen-bond acceptors (Lipinski definition) is 3. The summed E-state index contributed by atoms with van der Waals surface area (Å²) in [5.74, 6) is -1.25. The highest BCUT2D eigenvalue weighted by Crippen LogP contribution is 2.38. The van der Waals surface area contributed by atoms with Crippen LogP contribution in [0.3, 0.4) is 0 Å². The van der Waals surface area contributed by atoms with E-state index in [0.29, 0.717) is 5.69 Å². The number of carbonyl (C=O) groups is 1. The molecule has 0 saturated carbocycles. The van der Waals surface area contributed by atoms with E-state index >= 15 is 0 Å². The largest absolute Gasteiger partial charge is 0.476 e. The quantitative estimate of drug-likeness (QED) is 0.839. The molecule has 1 aromatic rings. The average Bonchev–Trinajstić information content (AvgIpc) is 2.10. The fourth-order valence-electron chi connectivity index (χ4n) is 1.04. The molecule has 0 atom stereocenters. The van der Waals surface area contributed by atoms with Gasteiger partial charge in [0.15, 0.2) is 10.8 Å². The van der Waals surface area contributed by atoms with Crippen molar-refractivity contribution in [2.45, 2.75) is 0 Å². The van der Waals surface area contributed by atoms with Crippen LogP contribution >= 0.6 is 34.8 Å². The van der Waals surface area contributed by atoms with Gasteiger partial charge in [-0.15, -0.1) is 0 Å². The van der Waals surface area contributed by atoms with E-state index in [1.54, 1.807) is 19.0 Å². The molecule has 0 aromatic carbocycles. The van der Waals surface area contributed by atoms with Gasteiger partial charge in [0.25, 0.3) is 0 Å². The third-order valence-corrected chi connectivity index (χ3v) is 2.75. The van der Waals surface area contributed by atoms with E-state index < -0.39 is 5.97 Å². The molecule has 82 valence electrons. The molecule has 15 heavy (non-hydrogen) atoms. The second-order valence-electron chi connectivity index (χ2n) is 2.93. The Morgan fingerprint density at radius 2 is 1.80 bits per heavy atom. The van der Waals surface area contributed by atoms with Crippen LogP contribution in [0.1, 0.15) is 10.5 Å². The zero-order valence-corrected chi connectivity index (χ0v) is 10.2. The highest BCUT2D eigenvalue weighted by molar-refractivity contribution is 6.46. The van der Waals surface area contributed by atoms with Crippen LogP contribution < -0.4 is 4.90 Å². The molecule has 0 radical (unpaired) electrons. The highest BCUT2D eigenvalue weighted by Gasteiger charge is 2.21. The van der Waals surface area contributed by atoms with Crippen molar-refractivity contribution in [3.8, 4) is 0 Å². The predicted molar refractivity (Wildman–Crippen MR) is 60.6 cm³/mol. The maximum absolute atomic E-state index is 10.8. The van der Waals surface area contributed by atoms with Gasteiger partial charge in [-0.25, -0.2) is 9.78 Å². The van der Waals surface area contributed by atoms with Crippen molar-refractivity contribution < 1.29 is 9.90 Å². The molecule has 1 aromatic heterocycles. The van der Waals surface area contributed by atoms with Crippen LogP contribution in [0, 0.1) is 0 Å². The molecule has 0 bridgehead atoms. The van der Waals surface area contributed by atoms with Crippen LogP contribution in [-0.4, -0.2) is 30.2 Å². The highest BCUT2D eigenvalue weighted by atomic mass is 35.5. The fraction of sp³-hybridized carbons (Fsp3) is 0.250. The molecule has 1 N–H and O–H groups in total. The first kappa shape index (κ1) is 12.4. The number of carboxylic acids is 1. The van der Waals surface area contributed by atoms with E-state index in [4.69, 9.17) is 39.9 Å². The monoisotopic (exact) mass is 268 g/mol. The number of rotatable bonds is 2. The first-order valence-corrected chi connectivity index (χ1v) is 4.94. The molecule has 0 spiro atoms. The summed E-state index contributed by atoms with van der Waals surface area (Å²) >= 11 is 17.4. The van der Waals surface area contributed by atoms with Gasteiger partial charge in [-0.05, 0) is 0 Å². The van der Waals surface area contributed by atoms with Crippen LogP contribution in [-0.2, 0) is 0 Å². The lowest BCUT2D eigenvalue weighted by Crippen LogP contribution is -2.13. The van der Waals surface area contributed by atoms with E-state index in [9.17, 15) is 4.79 Å². The van der Waals surface area contributed by atoms with Gasteiger partial charge in [-0.3, -0.25) is 0 Å². The van der Waals surface area contributed by atoms with Crippen molar-refractivity contribution in [1.82, 2.24) is 4.98 Å². The Kier molecular flexibility index (Phi) is 3.65. The van der Waals surface area contributed by atoms with Gasteiger partial charge in [0.2, 0.25) is 0 Å². The third-order valence-electron chi connectivity index (χ3n) is 1.66. The van der Waals surface area contributed by atoms with Gasteiger partial charge >= 0.3 is 5.97 Å². The lowest BCUT2D eigenvalue weighted by molar-refractivity contribution is 0.0691. The van der Waals surface area contributed by atoms with Crippen molar-refractivity contribution in [2.24, 2.45) is 0 Å². The normalized spacial score (nSPS) is 10.2. The molecule has 0 saturated heterocycles. The molecule has 1 heterocycles. The first-order valence-electron chi connectivity index (χ1n) is 3.81. The Hall–Kier alpha value is -0.710. The summed E-state index contributed by atoms with van der Waals surface area (Å²) in [6.07, 6.45) is 0. The van der Waals surface area contributed by atoms with E-state index in [1.807, 2.05) is 0 Å². The second kappa shape index (κ2) is 4.43. The Bertz CT molecular complexity index is 421. The predicted octanol–water partition coefficient (Wildman–Crippen LogP) is 2.81. The zero-order chi connectivity index (χ0) is 11.7. The molecule has 0 fully saturated rings. The van der Waals surface area contributed by atoms with Crippen molar-refractivity contribution >= 4 is 46.5 Å².